The van der Waals surface area contributed by atoms with Gasteiger partial charge in [-0.15, -0.1) is 11.6 Å². The van der Waals surface area contributed by atoms with Crippen LogP contribution in [-0.2, 0) is 0 Å². The van der Waals surface area contributed by atoms with E-state index in [1.807, 2.05) is 0 Å². The maximum Gasteiger partial charge on any atom is 0.0339 e. The Morgan fingerprint density at radius 3 is 2.27 bits per heavy atom. The molecule has 88 valence electrons. The van der Waals surface area contributed by atoms with Gasteiger partial charge in [-0.1, -0.05) is 25.7 Å². The fourth-order valence-corrected chi connectivity index (χ4v) is 3.39. The van der Waals surface area contributed by atoms with Crippen molar-refractivity contribution in [3.8, 4) is 0 Å². The monoisotopic (exact) mass is 229 g/mol. The smallest absolute Gasteiger partial charge is 0.0339 e. The molecule has 0 aliphatic heterocycles. The summed E-state index contributed by atoms with van der Waals surface area (Å²) in [4.78, 5) is 0. The first-order valence-electron chi connectivity index (χ1n) is 6.72. The molecule has 2 unspecified atom stereocenters. The Kier molecular flexibility index (Phi) is 4.77. The minimum absolute atomic E-state index is 0.464. The van der Waals surface area contributed by atoms with Crippen LogP contribution in [0.15, 0.2) is 0 Å². The number of nitrogens with one attached hydrogen (secondary N) is 1. The summed E-state index contributed by atoms with van der Waals surface area (Å²) in [6, 6.07) is 0.807. The van der Waals surface area contributed by atoms with E-state index >= 15 is 0 Å². The van der Waals surface area contributed by atoms with Gasteiger partial charge in [-0.25, -0.2) is 0 Å². The van der Waals surface area contributed by atoms with Crippen LogP contribution in [0.3, 0.4) is 0 Å². The molecule has 0 aromatic carbocycles. The third kappa shape index (κ3) is 3.96. The maximum atomic E-state index is 6.13. The number of hydrogen-bond donors (Lipinski definition) is 1. The third-order valence-electron chi connectivity index (χ3n) is 4.03. The van der Waals surface area contributed by atoms with Crippen LogP contribution in [0.25, 0.3) is 0 Å². The van der Waals surface area contributed by atoms with E-state index in [4.69, 9.17) is 11.6 Å². The summed E-state index contributed by atoms with van der Waals surface area (Å²) >= 11 is 6.13. The first-order chi connectivity index (χ1) is 7.34. The van der Waals surface area contributed by atoms with Gasteiger partial charge in [0.25, 0.3) is 0 Å². The average molecular weight is 230 g/mol. The number of alkyl halides is 1. The summed E-state index contributed by atoms with van der Waals surface area (Å²) < 4.78 is 0. The molecule has 0 bridgehead atoms. The Balaban J connectivity index is 1.63. The zero-order valence-corrected chi connectivity index (χ0v) is 10.4. The lowest BCUT2D eigenvalue weighted by atomic mass is 10.1. The van der Waals surface area contributed by atoms with Crippen LogP contribution in [0, 0.1) is 5.92 Å². The molecule has 1 N–H and O–H groups in total. The minimum atomic E-state index is 0.464. The number of rotatable bonds is 3. The molecule has 2 rings (SSSR count). The van der Waals surface area contributed by atoms with Crippen LogP contribution in [0.2, 0.25) is 0 Å². The Labute approximate surface area is 99.0 Å². The second-order valence-electron chi connectivity index (χ2n) is 5.37. The first kappa shape index (κ1) is 11.7. The van der Waals surface area contributed by atoms with E-state index in [1.54, 1.807) is 0 Å². The topological polar surface area (TPSA) is 12.0 Å². The largest absolute Gasteiger partial charge is 0.314 e. The van der Waals surface area contributed by atoms with Crippen LogP contribution in [0.1, 0.15) is 57.8 Å². The van der Waals surface area contributed by atoms with Crippen molar-refractivity contribution in [3.05, 3.63) is 0 Å². The summed E-state index contributed by atoms with van der Waals surface area (Å²) in [5.41, 5.74) is 0. The van der Waals surface area contributed by atoms with Gasteiger partial charge >= 0.3 is 0 Å². The molecule has 0 saturated heterocycles. The van der Waals surface area contributed by atoms with Crippen LogP contribution in [0.5, 0.6) is 0 Å². The lowest BCUT2D eigenvalue weighted by Crippen LogP contribution is -2.32. The van der Waals surface area contributed by atoms with Crippen LogP contribution in [0.4, 0.5) is 0 Å². The third-order valence-corrected chi connectivity index (χ3v) is 4.42. The predicted octanol–water partition coefficient (Wildman–Crippen LogP) is 3.71. The fourth-order valence-electron chi connectivity index (χ4n) is 3.02. The van der Waals surface area contributed by atoms with Gasteiger partial charge in [0.05, 0.1) is 0 Å². The van der Waals surface area contributed by atoms with Crippen molar-refractivity contribution < 1.29 is 0 Å². The molecule has 2 aliphatic rings. The SMILES string of the molecule is ClC1CCC(CNC2CCCCCC2)C1. The normalized spacial score (nSPS) is 34.2. The summed E-state index contributed by atoms with van der Waals surface area (Å²) in [6.45, 7) is 1.22. The fraction of sp³-hybridized carbons (Fsp3) is 1.00. The Morgan fingerprint density at radius 1 is 0.933 bits per heavy atom. The molecule has 15 heavy (non-hydrogen) atoms. The number of hydrogen-bond acceptors (Lipinski definition) is 1. The van der Waals surface area contributed by atoms with E-state index in [2.05, 4.69) is 5.32 Å². The molecule has 2 aliphatic carbocycles. The van der Waals surface area contributed by atoms with Crippen molar-refractivity contribution in [2.75, 3.05) is 6.54 Å². The number of halogens is 1. The van der Waals surface area contributed by atoms with Gasteiger partial charge in [0.2, 0.25) is 0 Å². The zero-order chi connectivity index (χ0) is 10.5. The molecule has 1 nitrogen and oxygen atoms in total. The molecule has 2 atom stereocenters. The van der Waals surface area contributed by atoms with Gasteiger partial charge in [-0.3, -0.25) is 0 Å². The van der Waals surface area contributed by atoms with E-state index in [1.165, 1.54) is 64.3 Å². The van der Waals surface area contributed by atoms with Crippen LogP contribution in [-0.4, -0.2) is 18.0 Å². The molecular weight excluding hydrogens is 206 g/mol. The van der Waals surface area contributed by atoms with Crippen molar-refractivity contribution in [2.45, 2.75) is 69.2 Å². The van der Waals surface area contributed by atoms with Gasteiger partial charge in [0, 0.05) is 11.4 Å². The van der Waals surface area contributed by atoms with Crippen molar-refractivity contribution in [1.82, 2.24) is 5.32 Å². The van der Waals surface area contributed by atoms with Gasteiger partial charge < -0.3 is 5.32 Å². The molecule has 0 aromatic heterocycles. The maximum absolute atomic E-state index is 6.13. The molecule has 0 spiro atoms. The average Bonchev–Trinajstić information content (AvgIpc) is 2.52. The molecule has 0 heterocycles. The highest BCUT2D eigenvalue weighted by atomic mass is 35.5. The molecule has 2 heteroatoms. The van der Waals surface area contributed by atoms with Gasteiger partial charge in [-0.05, 0) is 44.6 Å². The zero-order valence-electron chi connectivity index (χ0n) is 9.68. The summed E-state index contributed by atoms with van der Waals surface area (Å²) in [5.74, 6) is 0.857. The van der Waals surface area contributed by atoms with Gasteiger partial charge in [-0.2, -0.15) is 0 Å². The van der Waals surface area contributed by atoms with Crippen LogP contribution < -0.4 is 5.32 Å². The Morgan fingerprint density at radius 2 is 1.67 bits per heavy atom. The van der Waals surface area contributed by atoms with Crippen molar-refractivity contribution in [2.24, 2.45) is 5.92 Å². The van der Waals surface area contributed by atoms with E-state index in [0.29, 0.717) is 5.38 Å². The van der Waals surface area contributed by atoms with E-state index in [-0.39, 0.29) is 0 Å². The van der Waals surface area contributed by atoms with Crippen molar-refractivity contribution in [1.29, 1.82) is 0 Å². The molecule has 2 fully saturated rings. The highest BCUT2D eigenvalue weighted by Gasteiger charge is 2.23. The Hall–Kier alpha value is 0.250. The van der Waals surface area contributed by atoms with Crippen molar-refractivity contribution in [3.63, 3.8) is 0 Å². The van der Waals surface area contributed by atoms with E-state index in [9.17, 15) is 0 Å². The quantitative estimate of drug-likeness (QED) is 0.575. The summed E-state index contributed by atoms with van der Waals surface area (Å²) in [7, 11) is 0. The standard InChI is InChI=1S/C13H24ClN/c14-12-8-7-11(9-12)10-15-13-5-3-1-2-4-6-13/h11-13,15H,1-10H2. The summed E-state index contributed by atoms with van der Waals surface area (Å²) in [5, 5.41) is 4.23. The molecule has 0 aromatic rings. The second-order valence-corrected chi connectivity index (χ2v) is 5.99. The highest BCUT2D eigenvalue weighted by molar-refractivity contribution is 6.20. The van der Waals surface area contributed by atoms with Gasteiger partial charge in [0.1, 0.15) is 0 Å². The molecular formula is C13H24ClN. The molecule has 2 saturated carbocycles. The Bertz CT molecular complexity index is 175. The second kappa shape index (κ2) is 6.10. The van der Waals surface area contributed by atoms with Gasteiger partial charge in [0.15, 0.2) is 0 Å². The van der Waals surface area contributed by atoms with E-state index < -0.39 is 0 Å². The lowest BCUT2D eigenvalue weighted by Gasteiger charge is -2.19. The van der Waals surface area contributed by atoms with E-state index in [0.717, 1.165) is 12.0 Å². The highest BCUT2D eigenvalue weighted by Crippen LogP contribution is 2.29. The lowest BCUT2D eigenvalue weighted by molar-refractivity contribution is 0.403. The minimum Gasteiger partial charge on any atom is -0.314 e. The van der Waals surface area contributed by atoms with Crippen LogP contribution >= 0.6 is 11.6 Å². The first-order valence-corrected chi connectivity index (χ1v) is 7.15. The molecule has 0 amide bonds. The predicted molar refractivity (Wildman–Crippen MR) is 66.5 cm³/mol. The summed E-state index contributed by atoms with van der Waals surface area (Å²) in [6.07, 6.45) is 12.4. The van der Waals surface area contributed by atoms with Crippen molar-refractivity contribution >= 4 is 11.6 Å². The molecule has 0 radical (unpaired) electrons.